The van der Waals surface area contributed by atoms with Crippen molar-refractivity contribution in [3.05, 3.63) is 18.5 Å². The predicted octanol–water partition coefficient (Wildman–Crippen LogP) is 0.220. The first-order chi connectivity index (χ1) is 2.89. The fraction of sp³-hybridized carbons (Fsp3) is 0.250. The van der Waals surface area contributed by atoms with E-state index in [9.17, 15) is 0 Å². The van der Waals surface area contributed by atoms with Gasteiger partial charge in [-0.15, -0.1) is 12.4 Å². The summed E-state index contributed by atoms with van der Waals surface area (Å²) in [7, 11) is 1.83. The van der Waals surface area contributed by atoms with E-state index in [1.807, 2.05) is 7.05 Å². The van der Waals surface area contributed by atoms with Crippen molar-refractivity contribution in [2.24, 2.45) is 7.05 Å². The SMILES string of the molecule is Cn1[c-]ccn1. The van der Waals surface area contributed by atoms with Crippen LogP contribution in [0.15, 0.2) is 12.3 Å². The average molecular weight is 81.1 g/mol. The molecule has 1 aromatic heterocycles. The molecule has 0 spiro atoms. The molecule has 0 aliphatic carbocycles. The highest BCUT2D eigenvalue weighted by Gasteiger charge is 1.56. The Morgan fingerprint density at radius 2 is 2.67 bits per heavy atom. The highest BCUT2D eigenvalue weighted by Crippen LogP contribution is 1.71. The minimum absolute atomic E-state index is 1.62. The first kappa shape index (κ1) is 3.40. The lowest BCUT2D eigenvalue weighted by molar-refractivity contribution is 0.761. The van der Waals surface area contributed by atoms with Gasteiger partial charge in [0.25, 0.3) is 0 Å². The van der Waals surface area contributed by atoms with Gasteiger partial charge in [0.05, 0.1) is 0 Å². The quantitative estimate of drug-likeness (QED) is 0.408. The molecular weight excluding hydrogens is 76.1 g/mol. The molecular formula is C4H5N2-. The Kier molecular flexibility index (Phi) is 0.638. The normalized spacial score (nSPS) is 8.83. The highest BCUT2D eigenvalue weighted by molar-refractivity contribution is 4.72. The first-order valence-corrected chi connectivity index (χ1v) is 1.75. The van der Waals surface area contributed by atoms with Gasteiger partial charge in [0.15, 0.2) is 0 Å². The molecule has 0 N–H and O–H groups in total. The second-order valence-electron chi connectivity index (χ2n) is 1.08. The van der Waals surface area contributed by atoms with E-state index in [1.165, 1.54) is 0 Å². The van der Waals surface area contributed by atoms with Crippen LogP contribution in [0.5, 0.6) is 0 Å². The molecule has 1 aromatic rings. The van der Waals surface area contributed by atoms with Gasteiger partial charge in [-0.1, -0.05) is 0 Å². The summed E-state index contributed by atoms with van der Waals surface area (Å²) in [6, 6.07) is 1.76. The van der Waals surface area contributed by atoms with Crippen LogP contribution in [0.3, 0.4) is 0 Å². The second-order valence-corrected chi connectivity index (χ2v) is 1.08. The number of hydrogen-bond acceptors (Lipinski definition) is 1. The lowest BCUT2D eigenvalue weighted by atomic mass is 10.8. The van der Waals surface area contributed by atoms with Gasteiger partial charge in [0, 0.05) is 7.05 Å². The van der Waals surface area contributed by atoms with Gasteiger partial charge >= 0.3 is 0 Å². The van der Waals surface area contributed by atoms with Gasteiger partial charge in [0.1, 0.15) is 0 Å². The van der Waals surface area contributed by atoms with E-state index in [1.54, 1.807) is 16.9 Å². The van der Waals surface area contributed by atoms with E-state index < -0.39 is 0 Å². The smallest absolute Gasteiger partial charge is 0.00774 e. The summed E-state index contributed by atoms with van der Waals surface area (Å²) in [5.41, 5.74) is 0. The third-order valence-electron chi connectivity index (χ3n) is 0.576. The van der Waals surface area contributed by atoms with Crippen LogP contribution in [0.2, 0.25) is 0 Å². The summed E-state index contributed by atoms with van der Waals surface area (Å²) in [6.45, 7) is 0. The van der Waals surface area contributed by atoms with E-state index >= 15 is 0 Å². The molecule has 0 aromatic carbocycles. The summed E-state index contributed by atoms with van der Waals surface area (Å²) in [5.74, 6) is 0. The Labute approximate surface area is 36.4 Å². The van der Waals surface area contributed by atoms with Gasteiger partial charge in [-0.25, -0.2) is 0 Å². The molecule has 0 atom stereocenters. The Balaban J connectivity index is 3.05. The Morgan fingerprint density at radius 1 is 1.83 bits per heavy atom. The molecule has 1 rings (SSSR count). The van der Waals surface area contributed by atoms with Crippen molar-refractivity contribution in [3.63, 3.8) is 0 Å². The van der Waals surface area contributed by atoms with Crippen LogP contribution in [0, 0.1) is 6.20 Å². The number of hydrogen-bond donors (Lipinski definition) is 0. The topological polar surface area (TPSA) is 17.8 Å². The largest absolute Gasteiger partial charge is 0.379 e. The molecule has 32 valence electrons. The Hall–Kier alpha value is -0.790. The van der Waals surface area contributed by atoms with Crippen LogP contribution in [0.1, 0.15) is 0 Å². The van der Waals surface area contributed by atoms with E-state index in [0.29, 0.717) is 0 Å². The standard InChI is InChI=1S/C4H5N2/c1-6-4-2-3-5-6/h2-3H,1H3/q-1. The summed E-state index contributed by atoms with van der Waals surface area (Å²) >= 11 is 0. The maximum Gasteiger partial charge on any atom is 0.00774 e. The minimum atomic E-state index is 1.62. The highest BCUT2D eigenvalue weighted by atomic mass is 15.2. The van der Waals surface area contributed by atoms with Gasteiger partial charge in [-0.2, -0.15) is 6.07 Å². The van der Waals surface area contributed by atoms with Crippen LogP contribution < -0.4 is 0 Å². The van der Waals surface area contributed by atoms with Crippen LogP contribution in [-0.4, -0.2) is 9.78 Å². The summed E-state index contributed by atoms with van der Waals surface area (Å²) in [4.78, 5) is 0. The van der Waals surface area contributed by atoms with Crippen molar-refractivity contribution in [2.75, 3.05) is 0 Å². The zero-order valence-electron chi connectivity index (χ0n) is 3.55. The van der Waals surface area contributed by atoms with Crippen LogP contribution in [0.4, 0.5) is 0 Å². The zero-order valence-corrected chi connectivity index (χ0v) is 3.55. The van der Waals surface area contributed by atoms with Crippen molar-refractivity contribution >= 4 is 0 Å². The van der Waals surface area contributed by atoms with Gasteiger partial charge in [-0.05, 0) is 0 Å². The maximum atomic E-state index is 3.78. The summed E-state index contributed by atoms with van der Waals surface area (Å²) in [5, 5.41) is 3.78. The molecule has 0 unspecified atom stereocenters. The van der Waals surface area contributed by atoms with Crippen LogP contribution >= 0.6 is 0 Å². The Morgan fingerprint density at radius 3 is 2.83 bits per heavy atom. The van der Waals surface area contributed by atoms with Gasteiger partial charge in [0.2, 0.25) is 0 Å². The molecule has 0 aliphatic rings. The monoisotopic (exact) mass is 81.0 g/mol. The van der Waals surface area contributed by atoms with Crippen molar-refractivity contribution < 1.29 is 0 Å². The van der Waals surface area contributed by atoms with Crippen LogP contribution in [-0.2, 0) is 7.05 Å². The van der Waals surface area contributed by atoms with Crippen LogP contribution in [0.25, 0.3) is 0 Å². The molecule has 0 saturated heterocycles. The molecule has 0 aliphatic heterocycles. The van der Waals surface area contributed by atoms with Crippen molar-refractivity contribution in [2.45, 2.75) is 0 Å². The number of nitrogens with zero attached hydrogens (tertiary/aromatic N) is 2. The van der Waals surface area contributed by atoms with E-state index in [2.05, 4.69) is 11.3 Å². The number of rotatable bonds is 0. The van der Waals surface area contributed by atoms with Gasteiger partial charge < -0.3 is 4.68 Å². The Bertz CT molecular complexity index is 109. The molecule has 0 amide bonds. The summed E-state index contributed by atoms with van der Waals surface area (Å²) in [6.07, 6.45) is 4.50. The molecule has 0 bridgehead atoms. The number of aromatic nitrogens is 2. The van der Waals surface area contributed by atoms with Crippen molar-refractivity contribution in [1.29, 1.82) is 0 Å². The first-order valence-electron chi connectivity index (χ1n) is 1.75. The zero-order chi connectivity index (χ0) is 4.41. The van der Waals surface area contributed by atoms with E-state index in [0.717, 1.165) is 0 Å². The van der Waals surface area contributed by atoms with Gasteiger partial charge in [-0.3, -0.25) is 5.10 Å². The predicted molar refractivity (Wildman–Crippen MR) is 22.0 cm³/mol. The van der Waals surface area contributed by atoms with Crippen molar-refractivity contribution in [3.8, 4) is 0 Å². The molecule has 0 fully saturated rings. The van der Waals surface area contributed by atoms with E-state index in [-0.39, 0.29) is 0 Å². The fourth-order valence-corrected chi connectivity index (χ4v) is 0.308. The maximum absolute atomic E-state index is 3.78. The lowest BCUT2D eigenvalue weighted by Crippen LogP contribution is -1.84. The van der Waals surface area contributed by atoms with Crippen molar-refractivity contribution in [1.82, 2.24) is 9.78 Å². The second kappa shape index (κ2) is 1.12. The molecule has 0 saturated carbocycles. The summed E-state index contributed by atoms with van der Waals surface area (Å²) < 4.78 is 1.62. The van der Waals surface area contributed by atoms with E-state index in [4.69, 9.17) is 0 Å². The fourth-order valence-electron chi connectivity index (χ4n) is 0.308. The molecule has 0 radical (unpaired) electrons. The lowest BCUT2D eigenvalue weighted by Gasteiger charge is -1.87. The average Bonchev–Trinajstić information content (AvgIpc) is 1.86. The minimum Gasteiger partial charge on any atom is -0.379 e. The number of aryl methyl sites for hydroxylation is 1. The molecule has 2 heteroatoms. The molecule has 1 heterocycles. The molecule has 2 nitrogen and oxygen atoms in total. The third kappa shape index (κ3) is 0.407. The molecule has 6 heavy (non-hydrogen) atoms. The third-order valence-corrected chi connectivity index (χ3v) is 0.576.